The number of nitrogens with two attached hydrogens (primary N) is 1. The summed E-state index contributed by atoms with van der Waals surface area (Å²) in [6.07, 6.45) is 5.30. The van der Waals surface area contributed by atoms with Crippen LogP contribution < -0.4 is 11.1 Å². The highest BCUT2D eigenvalue weighted by Gasteiger charge is 2.37. The molecule has 0 aromatic rings. The minimum Gasteiger partial charge on any atom is -0.361 e. The second-order valence-corrected chi connectivity index (χ2v) is 5.17. The van der Waals surface area contributed by atoms with Crippen LogP contribution in [0.25, 0.3) is 0 Å². The van der Waals surface area contributed by atoms with E-state index in [0.29, 0.717) is 0 Å². The van der Waals surface area contributed by atoms with Gasteiger partial charge in [0.25, 0.3) is 0 Å². The Morgan fingerprint density at radius 3 is 2.60 bits per heavy atom. The molecule has 2 bridgehead atoms. The van der Waals surface area contributed by atoms with Crippen molar-refractivity contribution in [2.24, 2.45) is 5.73 Å². The van der Waals surface area contributed by atoms with E-state index in [-0.39, 0.29) is 6.23 Å². The predicted molar refractivity (Wildman–Crippen MR) is 58.5 cm³/mol. The van der Waals surface area contributed by atoms with E-state index in [9.17, 15) is 0 Å². The largest absolute Gasteiger partial charge is 0.361 e. The first-order valence-corrected chi connectivity index (χ1v) is 6.18. The van der Waals surface area contributed by atoms with Crippen LogP contribution >= 0.6 is 0 Å². The molecule has 3 N–H and O–H groups in total. The lowest BCUT2D eigenvalue weighted by atomic mass is 9.98. The van der Waals surface area contributed by atoms with Gasteiger partial charge in [-0.1, -0.05) is 0 Å². The monoisotopic (exact) mass is 211 g/mol. The number of hydrogen-bond acceptors (Lipinski definition) is 4. The molecule has 3 aliphatic rings. The maximum Gasteiger partial charge on any atom is 0.118 e. The van der Waals surface area contributed by atoms with E-state index in [1.54, 1.807) is 0 Å². The van der Waals surface area contributed by atoms with Crippen LogP contribution in [0.1, 0.15) is 25.7 Å². The quantitative estimate of drug-likeness (QED) is 0.635. The van der Waals surface area contributed by atoms with Crippen LogP contribution in [0, 0.1) is 0 Å². The molecule has 0 saturated carbocycles. The topological polar surface area (TPSA) is 50.5 Å². The minimum atomic E-state index is -0.0636. The Labute approximate surface area is 91.1 Å². The number of piperidine rings is 1. The van der Waals surface area contributed by atoms with Gasteiger partial charge in [-0.25, -0.2) is 0 Å². The summed E-state index contributed by atoms with van der Waals surface area (Å²) in [5, 5.41) is 3.68. The third-order valence-electron chi connectivity index (χ3n) is 4.09. The van der Waals surface area contributed by atoms with Crippen LogP contribution in [0.4, 0.5) is 0 Å². The number of morpholine rings is 1. The Balaban J connectivity index is 1.62. The molecule has 0 amide bonds. The van der Waals surface area contributed by atoms with Gasteiger partial charge in [-0.3, -0.25) is 4.90 Å². The molecule has 3 heterocycles. The lowest BCUT2D eigenvalue weighted by molar-refractivity contribution is -0.0465. The molecule has 15 heavy (non-hydrogen) atoms. The molecule has 3 fully saturated rings. The summed E-state index contributed by atoms with van der Waals surface area (Å²) in [6.45, 7) is 2.79. The maximum atomic E-state index is 5.84. The van der Waals surface area contributed by atoms with Crippen LogP contribution in [0.5, 0.6) is 0 Å². The molecule has 3 atom stereocenters. The van der Waals surface area contributed by atoms with Gasteiger partial charge in [0.2, 0.25) is 0 Å². The van der Waals surface area contributed by atoms with Crippen molar-refractivity contribution in [3.05, 3.63) is 0 Å². The van der Waals surface area contributed by atoms with Gasteiger partial charge < -0.3 is 15.8 Å². The maximum absolute atomic E-state index is 5.84. The van der Waals surface area contributed by atoms with Crippen molar-refractivity contribution in [2.75, 3.05) is 19.7 Å². The molecule has 0 radical (unpaired) electrons. The Morgan fingerprint density at radius 2 is 1.93 bits per heavy atom. The lowest BCUT2D eigenvalue weighted by Gasteiger charge is -2.41. The standard InChI is InChI=1S/C11H21N3O/c12-11-7-14(3-4-15-11)10-5-8-1-2-9(6-10)13-8/h8-11,13H,1-7,12H2. The van der Waals surface area contributed by atoms with Crippen molar-refractivity contribution in [1.82, 2.24) is 10.2 Å². The van der Waals surface area contributed by atoms with E-state index in [0.717, 1.165) is 37.8 Å². The highest BCUT2D eigenvalue weighted by Crippen LogP contribution is 2.30. The van der Waals surface area contributed by atoms with Crippen LogP contribution in [-0.2, 0) is 4.74 Å². The van der Waals surface area contributed by atoms with E-state index in [1.165, 1.54) is 25.7 Å². The molecular weight excluding hydrogens is 190 g/mol. The average molecular weight is 211 g/mol. The molecule has 86 valence electrons. The first-order chi connectivity index (χ1) is 7.31. The van der Waals surface area contributed by atoms with Crippen LogP contribution in [-0.4, -0.2) is 48.9 Å². The number of nitrogens with one attached hydrogen (secondary N) is 1. The fraction of sp³-hybridized carbons (Fsp3) is 1.00. The number of fused-ring (bicyclic) bond motifs is 2. The lowest BCUT2D eigenvalue weighted by Crippen LogP contribution is -2.55. The van der Waals surface area contributed by atoms with Gasteiger partial charge in [0.1, 0.15) is 6.23 Å². The van der Waals surface area contributed by atoms with Crippen molar-refractivity contribution in [2.45, 2.75) is 50.0 Å². The molecule has 0 aliphatic carbocycles. The Morgan fingerprint density at radius 1 is 1.20 bits per heavy atom. The van der Waals surface area contributed by atoms with Crippen LogP contribution in [0.2, 0.25) is 0 Å². The van der Waals surface area contributed by atoms with Crippen molar-refractivity contribution in [1.29, 1.82) is 0 Å². The van der Waals surface area contributed by atoms with Gasteiger partial charge in [-0.2, -0.15) is 0 Å². The van der Waals surface area contributed by atoms with Crippen molar-refractivity contribution >= 4 is 0 Å². The number of ether oxygens (including phenoxy) is 1. The first-order valence-electron chi connectivity index (χ1n) is 6.18. The van der Waals surface area contributed by atoms with Gasteiger partial charge in [-0.05, 0) is 25.7 Å². The fourth-order valence-electron chi connectivity index (χ4n) is 3.35. The molecule has 0 spiro atoms. The van der Waals surface area contributed by atoms with E-state index in [1.807, 2.05) is 0 Å². The summed E-state index contributed by atoms with van der Waals surface area (Å²) in [5.41, 5.74) is 5.84. The SMILES string of the molecule is NC1CN(C2CC3CCC(C2)N3)CCO1. The summed E-state index contributed by atoms with van der Waals surface area (Å²) < 4.78 is 5.39. The Bertz CT molecular complexity index is 224. The number of hydrogen-bond donors (Lipinski definition) is 2. The smallest absolute Gasteiger partial charge is 0.118 e. The van der Waals surface area contributed by atoms with E-state index < -0.39 is 0 Å². The zero-order valence-electron chi connectivity index (χ0n) is 9.19. The molecule has 3 rings (SSSR count). The summed E-state index contributed by atoms with van der Waals surface area (Å²) in [5.74, 6) is 0. The fourth-order valence-corrected chi connectivity index (χ4v) is 3.35. The third kappa shape index (κ3) is 2.04. The normalized spacial score (nSPS) is 47.0. The summed E-state index contributed by atoms with van der Waals surface area (Å²) >= 11 is 0. The zero-order chi connectivity index (χ0) is 10.3. The van der Waals surface area contributed by atoms with Gasteiger partial charge in [0.05, 0.1) is 6.61 Å². The number of rotatable bonds is 1. The molecule has 0 aromatic heterocycles. The van der Waals surface area contributed by atoms with Gasteiger partial charge in [0, 0.05) is 31.2 Å². The van der Waals surface area contributed by atoms with E-state index >= 15 is 0 Å². The van der Waals surface area contributed by atoms with Gasteiger partial charge in [-0.15, -0.1) is 0 Å². The molecule has 3 unspecified atom stereocenters. The predicted octanol–water partition coefficient (Wildman–Crippen LogP) is -0.114. The van der Waals surface area contributed by atoms with Crippen molar-refractivity contribution in [3.63, 3.8) is 0 Å². The summed E-state index contributed by atoms with van der Waals surface area (Å²) in [7, 11) is 0. The first kappa shape index (κ1) is 10.0. The second kappa shape index (κ2) is 4.01. The Hall–Kier alpha value is -0.160. The molecule has 4 heteroatoms. The molecule has 4 nitrogen and oxygen atoms in total. The molecule has 0 aromatic carbocycles. The highest BCUT2D eigenvalue weighted by atomic mass is 16.5. The average Bonchev–Trinajstić information content (AvgIpc) is 2.58. The van der Waals surface area contributed by atoms with Crippen LogP contribution in [0.15, 0.2) is 0 Å². The van der Waals surface area contributed by atoms with Gasteiger partial charge >= 0.3 is 0 Å². The zero-order valence-corrected chi connectivity index (χ0v) is 9.19. The van der Waals surface area contributed by atoms with Crippen molar-refractivity contribution < 1.29 is 4.74 Å². The van der Waals surface area contributed by atoms with E-state index in [2.05, 4.69) is 10.2 Å². The minimum absolute atomic E-state index is 0.0636. The van der Waals surface area contributed by atoms with E-state index in [4.69, 9.17) is 10.5 Å². The molecule has 3 aliphatic heterocycles. The highest BCUT2D eigenvalue weighted by molar-refractivity contribution is 4.96. The third-order valence-corrected chi connectivity index (χ3v) is 4.09. The molecular formula is C11H21N3O. The van der Waals surface area contributed by atoms with Crippen molar-refractivity contribution in [3.8, 4) is 0 Å². The van der Waals surface area contributed by atoms with Crippen LogP contribution in [0.3, 0.4) is 0 Å². The second-order valence-electron chi connectivity index (χ2n) is 5.17. The molecule has 3 saturated heterocycles. The Kier molecular flexibility index (Phi) is 2.68. The summed E-state index contributed by atoms with van der Waals surface area (Å²) in [6, 6.07) is 2.29. The summed E-state index contributed by atoms with van der Waals surface area (Å²) in [4.78, 5) is 2.54. The van der Waals surface area contributed by atoms with Gasteiger partial charge in [0.15, 0.2) is 0 Å². The number of nitrogens with zero attached hydrogens (tertiary/aromatic N) is 1.